The van der Waals surface area contributed by atoms with Crippen molar-refractivity contribution in [3.63, 3.8) is 0 Å². The van der Waals surface area contributed by atoms with E-state index < -0.39 is 0 Å². The molecule has 23 heavy (non-hydrogen) atoms. The molecule has 0 fully saturated rings. The fourth-order valence-corrected chi connectivity index (χ4v) is 2.51. The normalized spacial score (nSPS) is 10.8. The molecule has 3 rings (SSSR count). The lowest BCUT2D eigenvalue weighted by Gasteiger charge is -2.09. The molecule has 1 aromatic heterocycles. The van der Waals surface area contributed by atoms with Gasteiger partial charge in [0.15, 0.2) is 0 Å². The summed E-state index contributed by atoms with van der Waals surface area (Å²) < 4.78 is 7.10. The van der Waals surface area contributed by atoms with Crippen molar-refractivity contribution < 1.29 is 9.53 Å². The van der Waals surface area contributed by atoms with Crippen LogP contribution in [0.3, 0.4) is 0 Å². The molecule has 0 amide bonds. The molecule has 0 spiro atoms. The maximum absolute atomic E-state index is 12.0. The SMILES string of the molecule is CCCCOC(=O)Cc1ccccc1-n1cc2ccccc2n1. The van der Waals surface area contributed by atoms with Gasteiger partial charge in [0, 0.05) is 11.6 Å². The van der Waals surface area contributed by atoms with E-state index in [0.717, 1.165) is 35.0 Å². The van der Waals surface area contributed by atoms with Crippen molar-refractivity contribution in [3.05, 3.63) is 60.3 Å². The molecule has 0 atom stereocenters. The second-order valence-corrected chi connectivity index (χ2v) is 5.51. The zero-order valence-corrected chi connectivity index (χ0v) is 13.2. The molecule has 118 valence electrons. The van der Waals surface area contributed by atoms with Gasteiger partial charge in [-0.2, -0.15) is 5.10 Å². The van der Waals surface area contributed by atoms with Gasteiger partial charge in [0.05, 0.1) is 24.2 Å². The van der Waals surface area contributed by atoms with Crippen LogP contribution in [0.5, 0.6) is 0 Å². The average Bonchev–Trinajstić information content (AvgIpc) is 2.99. The van der Waals surface area contributed by atoms with Crippen molar-refractivity contribution in [2.75, 3.05) is 6.61 Å². The Labute approximate surface area is 135 Å². The van der Waals surface area contributed by atoms with Gasteiger partial charge in [-0.1, -0.05) is 49.7 Å². The van der Waals surface area contributed by atoms with Crippen molar-refractivity contribution in [3.8, 4) is 5.69 Å². The summed E-state index contributed by atoms with van der Waals surface area (Å²) in [5.41, 5.74) is 2.77. The molecule has 0 aliphatic heterocycles. The number of hydrogen-bond donors (Lipinski definition) is 0. The van der Waals surface area contributed by atoms with Crippen molar-refractivity contribution >= 4 is 16.9 Å². The molecule has 0 unspecified atom stereocenters. The van der Waals surface area contributed by atoms with Gasteiger partial charge in [-0.15, -0.1) is 0 Å². The first-order chi connectivity index (χ1) is 11.3. The molecule has 2 aromatic carbocycles. The topological polar surface area (TPSA) is 44.1 Å². The van der Waals surface area contributed by atoms with Crippen LogP contribution in [0.25, 0.3) is 16.6 Å². The highest BCUT2D eigenvalue weighted by Gasteiger charge is 2.11. The maximum Gasteiger partial charge on any atom is 0.310 e. The average molecular weight is 308 g/mol. The summed E-state index contributed by atoms with van der Waals surface area (Å²) in [7, 11) is 0. The second kappa shape index (κ2) is 7.09. The monoisotopic (exact) mass is 308 g/mol. The van der Waals surface area contributed by atoms with Crippen LogP contribution in [0.15, 0.2) is 54.7 Å². The lowest BCUT2D eigenvalue weighted by atomic mass is 10.1. The van der Waals surface area contributed by atoms with Crippen molar-refractivity contribution in [1.29, 1.82) is 0 Å². The number of carbonyl (C=O) groups is 1. The largest absolute Gasteiger partial charge is 0.465 e. The number of rotatable bonds is 6. The Morgan fingerprint density at radius 2 is 1.91 bits per heavy atom. The van der Waals surface area contributed by atoms with Crippen molar-refractivity contribution in [2.24, 2.45) is 0 Å². The van der Waals surface area contributed by atoms with Gasteiger partial charge < -0.3 is 4.74 Å². The van der Waals surface area contributed by atoms with E-state index in [9.17, 15) is 4.79 Å². The van der Waals surface area contributed by atoms with Crippen molar-refractivity contribution in [1.82, 2.24) is 9.78 Å². The van der Waals surface area contributed by atoms with E-state index in [2.05, 4.69) is 12.0 Å². The quantitative estimate of drug-likeness (QED) is 0.512. The molecule has 1 heterocycles. The van der Waals surface area contributed by atoms with Crippen LogP contribution in [-0.2, 0) is 16.0 Å². The van der Waals surface area contributed by atoms with E-state index in [-0.39, 0.29) is 12.4 Å². The summed E-state index contributed by atoms with van der Waals surface area (Å²) in [4.78, 5) is 12.0. The Hall–Kier alpha value is -2.62. The van der Waals surface area contributed by atoms with Gasteiger partial charge in [0.25, 0.3) is 0 Å². The number of hydrogen-bond acceptors (Lipinski definition) is 3. The Morgan fingerprint density at radius 3 is 2.74 bits per heavy atom. The molecule has 0 aliphatic rings. The van der Waals surface area contributed by atoms with Crippen LogP contribution in [0.2, 0.25) is 0 Å². The smallest absolute Gasteiger partial charge is 0.310 e. The van der Waals surface area contributed by atoms with E-state index in [4.69, 9.17) is 4.74 Å². The fourth-order valence-electron chi connectivity index (χ4n) is 2.51. The molecular weight excluding hydrogens is 288 g/mol. The number of esters is 1. The molecule has 0 bridgehead atoms. The second-order valence-electron chi connectivity index (χ2n) is 5.51. The van der Waals surface area contributed by atoms with Crippen LogP contribution >= 0.6 is 0 Å². The minimum atomic E-state index is -0.192. The van der Waals surface area contributed by atoms with E-state index in [0.29, 0.717) is 6.61 Å². The number of carbonyl (C=O) groups excluding carboxylic acids is 1. The minimum Gasteiger partial charge on any atom is -0.465 e. The zero-order valence-electron chi connectivity index (χ0n) is 13.2. The predicted molar refractivity (Wildman–Crippen MR) is 90.6 cm³/mol. The van der Waals surface area contributed by atoms with Gasteiger partial charge in [-0.05, 0) is 24.1 Å². The Kier molecular flexibility index (Phi) is 4.71. The standard InChI is InChI=1S/C19H20N2O2/c1-2-3-12-23-19(22)13-15-8-5-7-11-18(15)21-14-16-9-4-6-10-17(16)20-21/h4-11,14H,2-3,12-13H2,1H3. The molecule has 0 aliphatic carbocycles. The summed E-state index contributed by atoms with van der Waals surface area (Å²) in [5, 5.41) is 5.67. The number of fused-ring (bicyclic) bond motifs is 1. The number of unbranched alkanes of at least 4 members (excludes halogenated alkanes) is 1. The summed E-state index contributed by atoms with van der Waals surface area (Å²) >= 11 is 0. The Morgan fingerprint density at radius 1 is 1.13 bits per heavy atom. The van der Waals surface area contributed by atoms with E-state index in [1.807, 2.05) is 59.4 Å². The lowest BCUT2D eigenvalue weighted by Crippen LogP contribution is -2.11. The molecule has 0 saturated carbocycles. The van der Waals surface area contributed by atoms with E-state index in [1.54, 1.807) is 0 Å². The molecule has 4 nitrogen and oxygen atoms in total. The number of ether oxygens (including phenoxy) is 1. The Balaban J connectivity index is 1.84. The number of benzene rings is 2. The summed E-state index contributed by atoms with van der Waals surface area (Å²) in [6.07, 6.45) is 4.16. The van der Waals surface area contributed by atoms with Crippen LogP contribution < -0.4 is 0 Å². The third-order valence-corrected chi connectivity index (χ3v) is 3.75. The summed E-state index contributed by atoms with van der Waals surface area (Å²) in [6.45, 7) is 2.56. The number of para-hydroxylation sites is 1. The van der Waals surface area contributed by atoms with Gasteiger partial charge in [0.1, 0.15) is 0 Å². The lowest BCUT2D eigenvalue weighted by molar-refractivity contribution is -0.142. The highest BCUT2D eigenvalue weighted by atomic mass is 16.5. The molecule has 4 heteroatoms. The molecule has 0 N–H and O–H groups in total. The first-order valence-electron chi connectivity index (χ1n) is 7.96. The van der Waals surface area contributed by atoms with Crippen LogP contribution in [-0.4, -0.2) is 22.4 Å². The highest BCUT2D eigenvalue weighted by molar-refractivity contribution is 5.79. The highest BCUT2D eigenvalue weighted by Crippen LogP contribution is 2.19. The van der Waals surface area contributed by atoms with Gasteiger partial charge >= 0.3 is 5.97 Å². The van der Waals surface area contributed by atoms with Crippen LogP contribution in [0.1, 0.15) is 25.3 Å². The minimum absolute atomic E-state index is 0.192. The third-order valence-electron chi connectivity index (χ3n) is 3.75. The molecule has 3 aromatic rings. The first-order valence-corrected chi connectivity index (χ1v) is 7.96. The summed E-state index contributed by atoms with van der Waals surface area (Å²) in [6, 6.07) is 15.8. The predicted octanol–water partition coefficient (Wildman–Crippen LogP) is 3.91. The third kappa shape index (κ3) is 3.59. The molecular formula is C19H20N2O2. The van der Waals surface area contributed by atoms with E-state index in [1.165, 1.54) is 0 Å². The molecule has 0 saturated heterocycles. The van der Waals surface area contributed by atoms with Gasteiger partial charge in [-0.25, -0.2) is 4.68 Å². The van der Waals surface area contributed by atoms with Gasteiger partial charge in [-0.3, -0.25) is 4.79 Å². The van der Waals surface area contributed by atoms with Crippen molar-refractivity contribution in [2.45, 2.75) is 26.2 Å². The molecule has 0 radical (unpaired) electrons. The maximum atomic E-state index is 12.0. The van der Waals surface area contributed by atoms with Crippen LogP contribution in [0, 0.1) is 0 Å². The van der Waals surface area contributed by atoms with Crippen LogP contribution in [0.4, 0.5) is 0 Å². The van der Waals surface area contributed by atoms with Gasteiger partial charge in [0.2, 0.25) is 0 Å². The Bertz CT molecular complexity index is 775. The fraction of sp³-hybridized carbons (Fsp3) is 0.263. The number of nitrogens with zero attached hydrogens (tertiary/aromatic N) is 2. The first kappa shape index (κ1) is 15.3. The number of aromatic nitrogens is 2. The summed E-state index contributed by atoms with van der Waals surface area (Å²) in [5.74, 6) is -0.192. The zero-order chi connectivity index (χ0) is 16.1. The van der Waals surface area contributed by atoms with E-state index >= 15 is 0 Å².